The van der Waals surface area contributed by atoms with Crippen molar-refractivity contribution in [3.05, 3.63) is 103 Å². The summed E-state index contributed by atoms with van der Waals surface area (Å²) in [7, 11) is 2.71. The van der Waals surface area contributed by atoms with E-state index in [4.69, 9.17) is 19.7 Å². The van der Waals surface area contributed by atoms with E-state index in [2.05, 4.69) is 32.0 Å². The van der Waals surface area contributed by atoms with Crippen LogP contribution in [0.3, 0.4) is 0 Å². The van der Waals surface area contributed by atoms with Gasteiger partial charge in [-0.2, -0.15) is 0 Å². The van der Waals surface area contributed by atoms with Crippen molar-refractivity contribution in [3.8, 4) is 50.7 Å². The Morgan fingerprint density at radius 3 is 1.66 bits per heavy atom. The van der Waals surface area contributed by atoms with Crippen LogP contribution in [-0.2, 0) is 14.3 Å². The number of likely N-dealkylation sites (N-methyl/N-ethyl adjacent to an activating group) is 1. The van der Waals surface area contributed by atoms with Crippen molar-refractivity contribution in [2.75, 3.05) is 45.2 Å². The van der Waals surface area contributed by atoms with E-state index in [0.717, 1.165) is 74.9 Å². The maximum Gasteiger partial charge on any atom is 0.407 e. The average Bonchev–Trinajstić information content (AvgIpc) is 4.25. The number of ether oxygens (including phenoxy) is 1. The first-order chi connectivity index (χ1) is 35.0. The third-order valence-corrected chi connectivity index (χ3v) is 14.6. The van der Waals surface area contributed by atoms with Gasteiger partial charge in [-0.05, 0) is 84.0 Å². The Balaban J connectivity index is 0.977. The molecule has 3 aliphatic rings. The van der Waals surface area contributed by atoms with Crippen molar-refractivity contribution in [1.29, 1.82) is 0 Å². The van der Waals surface area contributed by atoms with E-state index in [9.17, 15) is 33.1 Å². The van der Waals surface area contributed by atoms with Crippen molar-refractivity contribution >= 4 is 29.8 Å². The molecule has 9 rings (SSSR count). The smallest absolute Gasteiger partial charge is 0.407 e. The Morgan fingerprint density at radius 1 is 0.699 bits per heavy atom. The molecule has 0 unspecified atom stereocenters. The second-order valence-electron chi connectivity index (χ2n) is 20.0. The lowest BCUT2D eigenvalue weighted by Crippen LogP contribution is -2.51. The van der Waals surface area contributed by atoms with Gasteiger partial charge in [0.1, 0.15) is 29.6 Å². The van der Waals surface area contributed by atoms with Crippen molar-refractivity contribution in [2.45, 2.75) is 96.3 Å². The maximum absolute atomic E-state index is 14.1. The minimum atomic E-state index is -2.67. The van der Waals surface area contributed by atoms with Gasteiger partial charge in [-0.15, -0.1) is 0 Å². The molecule has 4 N–H and O–H groups in total. The number of halogens is 2. The number of hydrogen-bond donors (Lipinski definition) is 4. The highest BCUT2D eigenvalue weighted by Crippen LogP contribution is 2.38. The number of anilines is 1. The quantitative estimate of drug-likeness (QED) is 0.0815. The van der Waals surface area contributed by atoms with Gasteiger partial charge in [0.2, 0.25) is 11.8 Å². The predicted molar refractivity (Wildman–Crippen MR) is 272 cm³/mol. The first-order valence-corrected chi connectivity index (χ1v) is 25.1. The largest absolute Gasteiger partial charge is 0.465 e. The van der Waals surface area contributed by atoms with Crippen LogP contribution in [-0.4, -0.2) is 132 Å². The fraction of sp³-hybridized carbons (Fsp3) is 0.426. The molecule has 6 aromatic rings. The van der Waals surface area contributed by atoms with Gasteiger partial charge >= 0.3 is 12.2 Å². The highest BCUT2D eigenvalue weighted by atomic mass is 19.3. The highest BCUT2D eigenvalue weighted by Gasteiger charge is 2.41. The Bertz CT molecular complexity index is 2920. The fourth-order valence-electron chi connectivity index (χ4n) is 10.6. The van der Waals surface area contributed by atoms with E-state index in [1.54, 1.807) is 28.4 Å². The van der Waals surface area contributed by atoms with Crippen LogP contribution in [0.4, 0.5) is 24.2 Å². The number of pyridine rings is 1. The predicted octanol–water partition coefficient (Wildman–Crippen LogP) is 9.56. The van der Waals surface area contributed by atoms with E-state index in [1.807, 2.05) is 93.3 Å². The Kier molecular flexibility index (Phi) is 14.4. The van der Waals surface area contributed by atoms with Crippen molar-refractivity contribution in [3.63, 3.8) is 0 Å². The highest BCUT2D eigenvalue weighted by molar-refractivity contribution is 5.87. The molecule has 0 aliphatic carbocycles. The normalized spacial score (nSPS) is 18.6. The molecule has 0 saturated carbocycles. The molecule has 4 atom stereocenters. The minimum absolute atomic E-state index is 0.149. The van der Waals surface area contributed by atoms with Crippen LogP contribution in [0, 0.1) is 11.8 Å². The third-order valence-electron chi connectivity index (χ3n) is 14.6. The van der Waals surface area contributed by atoms with Gasteiger partial charge in [0, 0.05) is 46.1 Å². The molecule has 384 valence electrons. The number of rotatable bonds is 14. The van der Waals surface area contributed by atoms with E-state index < -0.39 is 30.2 Å². The molecule has 7 heterocycles. The van der Waals surface area contributed by atoms with E-state index >= 15 is 0 Å². The van der Waals surface area contributed by atoms with E-state index in [1.165, 1.54) is 14.2 Å². The average molecular weight is 1000 g/mol. The summed E-state index contributed by atoms with van der Waals surface area (Å²) in [5, 5.41) is 12.4. The standard InChI is InChI=1S/C54H63F2N11O6/c1-32(2)46(62-52(70)73-6)50(68)65-25-7-9-43(65)48-58-30-39(60-48)34-11-15-36(16-12-34)41-20-21-42(67(41)38-19-22-45(57-29-38)64-27-23-54(55,56)24-28-64)37-17-13-35(14-18-37)40-31-59-49(61-40)44-10-8-26-66(44)51(69)47(33(3)4)63(5)53(71)72/h11-22,29-33,43-44,46-47H,7-10,23-28H2,1-6H3,(H,58,60)(H,59,61)(H,62,70)(H,71,72)/t43-,44-,46-,47-/m0/s1. The van der Waals surface area contributed by atoms with Crippen LogP contribution in [0.25, 0.3) is 50.7 Å². The number of methoxy groups -OCH3 is 1. The zero-order valence-corrected chi connectivity index (χ0v) is 42.0. The topological polar surface area (TPSA) is 198 Å². The number of H-pyrrole nitrogens is 2. The van der Waals surface area contributed by atoms with Gasteiger partial charge in [0.15, 0.2) is 0 Å². The third kappa shape index (κ3) is 10.4. The fourth-order valence-corrected chi connectivity index (χ4v) is 10.6. The lowest BCUT2D eigenvalue weighted by molar-refractivity contribution is -0.138. The number of piperidine rings is 1. The van der Waals surface area contributed by atoms with Crippen molar-refractivity contribution in [2.24, 2.45) is 11.8 Å². The molecule has 73 heavy (non-hydrogen) atoms. The van der Waals surface area contributed by atoms with Gasteiger partial charge in [0.05, 0.1) is 66.2 Å². The summed E-state index contributed by atoms with van der Waals surface area (Å²) in [5.41, 5.74) is 7.79. The van der Waals surface area contributed by atoms with Crippen LogP contribution in [0.15, 0.2) is 91.4 Å². The van der Waals surface area contributed by atoms with Crippen LogP contribution < -0.4 is 10.2 Å². The number of alkyl halides is 2. The number of aromatic amines is 2. The lowest BCUT2D eigenvalue weighted by Gasteiger charge is -2.33. The Labute approximate surface area is 423 Å². The first-order valence-electron chi connectivity index (χ1n) is 25.1. The second-order valence-corrected chi connectivity index (χ2v) is 20.0. The maximum atomic E-state index is 14.1. The van der Waals surface area contributed by atoms with Gasteiger partial charge in [-0.25, -0.2) is 33.3 Å². The minimum Gasteiger partial charge on any atom is -0.465 e. The van der Waals surface area contributed by atoms with Crippen LogP contribution in [0.2, 0.25) is 0 Å². The van der Waals surface area contributed by atoms with Crippen LogP contribution in [0.5, 0.6) is 0 Å². The number of nitrogens with one attached hydrogen (secondary N) is 3. The summed E-state index contributed by atoms with van der Waals surface area (Å²) in [6.07, 6.45) is 6.10. The number of hydrogen-bond acceptors (Lipinski definition) is 9. The number of carboxylic acid groups (broad SMARTS) is 1. The molecular weight excluding hydrogens is 937 g/mol. The van der Waals surface area contributed by atoms with Gasteiger partial charge in [0.25, 0.3) is 5.92 Å². The van der Waals surface area contributed by atoms with Gasteiger partial charge in [-0.1, -0.05) is 76.2 Å². The number of benzene rings is 2. The SMILES string of the molecule is COC(=O)N[C@H](C(=O)N1CCC[C@H]1c1ncc(-c2ccc(-c3ccc(-c4ccc(-c5cnc([C@@H]6CCCN6C(=O)[C@H](C(C)C)N(C)C(=O)O)[nH]5)cc4)n3-c3ccc(N4CCC(F)(F)CC4)nc3)cc2)[nH]1)C(C)C. The molecule has 2 aromatic carbocycles. The summed E-state index contributed by atoms with van der Waals surface area (Å²) in [4.78, 5) is 79.3. The molecular formula is C54H63F2N11O6. The van der Waals surface area contributed by atoms with E-state index in [-0.39, 0.29) is 61.7 Å². The number of aromatic nitrogens is 6. The molecule has 0 spiro atoms. The van der Waals surface area contributed by atoms with Gasteiger partial charge < -0.3 is 44.4 Å². The molecule has 3 fully saturated rings. The molecule has 19 heteroatoms. The molecule has 3 aliphatic heterocycles. The number of alkyl carbamates (subject to hydrolysis) is 1. The van der Waals surface area contributed by atoms with Gasteiger partial charge in [-0.3, -0.25) is 14.5 Å². The molecule has 17 nitrogen and oxygen atoms in total. The van der Waals surface area contributed by atoms with Crippen molar-refractivity contribution < 1.29 is 37.8 Å². The Morgan fingerprint density at radius 2 is 1.21 bits per heavy atom. The lowest BCUT2D eigenvalue weighted by atomic mass is 10.0. The zero-order chi connectivity index (χ0) is 51.7. The monoisotopic (exact) mass is 999 g/mol. The van der Waals surface area contributed by atoms with Crippen molar-refractivity contribution in [1.82, 2.24) is 49.5 Å². The number of carbonyl (C=O) groups is 4. The number of carbonyl (C=O) groups excluding carboxylic acids is 3. The second kappa shape index (κ2) is 20.9. The number of likely N-dealkylation sites (tertiary alicyclic amines) is 2. The molecule has 0 bridgehead atoms. The number of imidazole rings is 2. The molecule has 4 amide bonds. The summed E-state index contributed by atoms with van der Waals surface area (Å²) < 4.78 is 35.1. The first kappa shape index (κ1) is 50.4. The van der Waals surface area contributed by atoms with Crippen LogP contribution >= 0.6 is 0 Å². The molecule has 4 aromatic heterocycles. The summed E-state index contributed by atoms with van der Waals surface area (Å²) in [5.74, 6) is -1.48. The summed E-state index contributed by atoms with van der Waals surface area (Å²) in [6, 6.07) is 22.1. The summed E-state index contributed by atoms with van der Waals surface area (Å²) in [6.45, 7) is 8.97. The Hall–Kier alpha value is -7.57. The zero-order valence-electron chi connectivity index (χ0n) is 42.0. The molecule has 3 saturated heterocycles. The van der Waals surface area contributed by atoms with Crippen LogP contribution in [0.1, 0.15) is 90.0 Å². The number of nitrogens with zero attached hydrogens (tertiary/aromatic N) is 8. The van der Waals surface area contributed by atoms with E-state index in [0.29, 0.717) is 37.0 Å². The number of amides is 4. The molecule has 0 radical (unpaired) electrons. The summed E-state index contributed by atoms with van der Waals surface area (Å²) >= 11 is 0.